The van der Waals surface area contributed by atoms with Crippen LogP contribution in [0, 0.1) is 28.8 Å². The molecule has 0 spiro atoms. The Balaban J connectivity index is 1.29. The Bertz CT molecular complexity index is 2280. The molecule has 0 saturated carbocycles. The van der Waals surface area contributed by atoms with Crippen molar-refractivity contribution >= 4 is 42.7 Å². The molecule has 1 N–H and O–H groups in total. The number of carboxylic acid groups (broad SMARTS) is 1. The van der Waals surface area contributed by atoms with E-state index in [1.165, 1.54) is 47.3 Å². The lowest BCUT2D eigenvalue weighted by atomic mass is 9.86. The fourth-order valence-corrected chi connectivity index (χ4v) is 13.8. The molecule has 61 heavy (non-hydrogen) atoms. The Morgan fingerprint density at radius 3 is 2.25 bits per heavy atom. The van der Waals surface area contributed by atoms with Crippen LogP contribution in [0.1, 0.15) is 50.3 Å². The number of rotatable bonds is 17. The molecule has 318 valence electrons. The molecule has 0 aliphatic carbocycles. The molecule has 1 saturated heterocycles. The number of halogens is 3. The third-order valence-corrected chi connectivity index (χ3v) is 17.1. The van der Waals surface area contributed by atoms with Crippen LogP contribution < -0.4 is 10.4 Å². The van der Waals surface area contributed by atoms with Gasteiger partial charge in [0.2, 0.25) is 0 Å². The highest BCUT2D eigenvalue weighted by Gasteiger charge is 2.51. The molecule has 2 atom stereocenters. The van der Waals surface area contributed by atoms with Gasteiger partial charge < -0.3 is 23.7 Å². The van der Waals surface area contributed by atoms with Gasteiger partial charge in [0.25, 0.3) is 8.32 Å². The van der Waals surface area contributed by atoms with Crippen LogP contribution in [0.4, 0.5) is 18.0 Å². The topological polar surface area (TPSA) is 129 Å². The van der Waals surface area contributed by atoms with Crippen LogP contribution in [0.25, 0.3) is 6.08 Å². The molecule has 10 nitrogen and oxygen atoms in total. The summed E-state index contributed by atoms with van der Waals surface area (Å²) in [6, 6.07) is 29.5. The van der Waals surface area contributed by atoms with Gasteiger partial charge in [-0.1, -0.05) is 106 Å². The number of ether oxygens (including phenoxy) is 3. The first-order chi connectivity index (χ1) is 29.3. The van der Waals surface area contributed by atoms with Crippen LogP contribution in [0.15, 0.2) is 128 Å². The van der Waals surface area contributed by atoms with E-state index in [2.05, 4.69) is 55.1 Å². The largest absolute Gasteiger partial charge is 0.506 e. The van der Waals surface area contributed by atoms with Crippen molar-refractivity contribution in [1.82, 2.24) is 14.8 Å². The molecule has 1 aliphatic rings. The second kappa shape index (κ2) is 20.4. The average molecular weight is 869 g/mol. The number of aromatic nitrogens is 3. The number of carbonyl (C=O) groups is 1. The molecule has 0 amide bonds. The Hall–Kier alpha value is -5.50. The van der Waals surface area contributed by atoms with Crippen molar-refractivity contribution in [3.05, 3.63) is 162 Å². The second-order valence-corrected chi connectivity index (χ2v) is 21.3. The smallest absolute Gasteiger partial charge is 0.450 e. The predicted molar refractivity (Wildman–Crippen MR) is 230 cm³/mol. The van der Waals surface area contributed by atoms with Gasteiger partial charge in [-0.25, -0.2) is 27.6 Å². The molecular weight excluding hydrogens is 822 g/mol. The minimum Gasteiger partial charge on any atom is -0.450 e. The number of hydrogen-bond donors (Lipinski definition) is 1. The molecular formula is C46H47F3N4O6SSi. The molecule has 1 aliphatic heterocycles. The molecule has 15 heteroatoms. The zero-order valence-electron chi connectivity index (χ0n) is 34.0. The summed E-state index contributed by atoms with van der Waals surface area (Å²) in [4.78, 5) is 16.7. The number of nitriles is 1. The van der Waals surface area contributed by atoms with Crippen LogP contribution >= 0.6 is 11.8 Å². The summed E-state index contributed by atoms with van der Waals surface area (Å²) in [6.07, 6.45) is 7.42. The van der Waals surface area contributed by atoms with Gasteiger partial charge in [-0.15, -0.1) is 11.8 Å². The minimum absolute atomic E-state index is 0.166. The van der Waals surface area contributed by atoms with E-state index in [0.29, 0.717) is 18.1 Å². The molecule has 0 bridgehead atoms. The maximum absolute atomic E-state index is 16.1. The highest BCUT2D eigenvalue weighted by molar-refractivity contribution is 8.00. The molecule has 1 aromatic heterocycles. The summed E-state index contributed by atoms with van der Waals surface area (Å²) in [6.45, 7) is 6.86. The van der Waals surface area contributed by atoms with E-state index in [1.54, 1.807) is 24.3 Å². The second-order valence-electron chi connectivity index (χ2n) is 15.5. The number of allylic oxidation sites excluding steroid dienone is 2. The van der Waals surface area contributed by atoms with Crippen molar-refractivity contribution in [2.24, 2.45) is 0 Å². The molecule has 1 fully saturated rings. The van der Waals surface area contributed by atoms with Gasteiger partial charge in [-0.3, -0.25) is 0 Å². The summed E-state index contributed by atoms with van der Waals surface area (Å²) >= 11 is 1.33. The van der Waals surface area contributed by atoms with E-state index in [9.17, 15) is 18.7 Å². The summed E-state index contributed by atoms with van der Waals surface area (Å²) in [5, 5.41) is 24.2. The van der Waals surface area contributed by atoms with Crippen molar-refractivity contribution in [2.75, 3.05) is 19.8 Å². The van der Waals surface area contributed by atoms with Crippen LogP contribution in [0.3, 0.4) is 0 Å². The standard InChI is InChI=1S/C46H47F3N4O6SSi/c1-45(2,3)61(37-14-6-4-7-15-37,38-16-8-5-9-17-38)58-24-12-18-42(46(59-44(54)55,30-53-32-51-31-52-53)39-23-22-35(47)26-41(39)49)60-36-28-56-43(57-29-36)19-11-10-13-34-21-20-33(27-50)25-40(34)48/h4-11,13-17,19-23,25-26,31-32,36,42-43H,12,18,24,28-30H2,1-3H3,(H,54,55)/t36?,42-,43?,46+/m1/s1. The third-order valence-electron chi connectivity index (χ3n) is 10.4. The van der Waals surface area contributed by atoms with Crippen molar-refractivity contribution in [3.8, 4) is 6.07 Å². The highest BCUT2D eigenvalue weighted by atomic mass is 32.2. The zero-order chi connectivity index (χ0) is 43.5. The maximum atomic E-state index is 16.1. The number of nitrogens with zero attached hydrogens (tertiary/aromatic N) is 4. The van der Waals surface area contributed by atoms with E-state index in [0.717, 1.165) is 22.5 Å². The first-order valence-corrected chi connectivity index (χ1v) is 22.6. The van der Waals surface area contributed by atoms with Crippen molar-refractivity contribution in [2.45, 2.75) is 67.6 Å². The fourth-order valence-electron chi connectivity index (χ4n) is 7.69. The Morgan fingerprint density at radius 1 is 0.984 bits per heavy atom. The van der Waals surface area contributed by atoms with E-state index in [-0.39, 0.29) is 54.2 Å². The van der Waals surface area contributed by atoms with Gasteiger partial charge in [0.05, 0.1) is 41.9 Å². The van der Waals surface area contributed by atoms with Crippen molar-refractivity contribution < 1.29 is 41.7 Å². The van der Waals surface area contributed by atoms with E-state index < -0.39 is 49.1 Å². The lowest BCUT2D eigenvalue weighted by Gasteiger charge is -2.43. The van der Waals surface area contributed by atoms with E-state index >= 15 is 4.39 Å². The average Bonchev–Trinajstić information content (AvgIpc) is 3.75. The Morgan fingerprint density at radius 2 is 1.67 bits per heavy atom. The monoisotopic (exact) mass is 868 g/mol. The van der Waals surface area contributed by atoms with Gasteiger partial charge in [0, 0.05) is 23.8 Å². The minimum atomic E-state index is -2.95. The van der Waals surface area contributed by atoms with Gasteiger partial charge >= 0.3 is 6.16 Å². The molecule has 0 radical (unpaired) electrons. The lowest BCUT2D eigenvalue weighted by Crippen LogP contribution is -2.66. The van der Waals surface area contributed by atoms with E-state index in [1.807, 2.05) is 42.5 Å². The summed E-state index contributed by atoms with van der Waals surface area (Å²) in [7, 11) is -2.95. The van der Waals surface area contributed by atoms with Crippen LogP contribution in [-0.4, -0.2) is 71.0 Å². The number of benzene rings is 4. The van der Waals surface area contributed by atoms with Gasteiger partial charge in [0.15, 0.2) is 11.9 Å². The van der Waals surface area contributed by atoms with Gasteiger partial charge in [0.1, 0.15) is 30.1 Å². The Kier molecular flexibility index (Phi) is 15.0. The number of hydrogen-bond acceptors (Lipinski definition) is 9. The Labute approximate surface area is 358 Å². The first kappa shape index (κ1) is 45.0. The highest BCUT2D eigenvalue weighted by Crippen LogP contribution is 2.45. The predicted octanol–water partition coefficient (Wildman–Crippen LogP) is 8.63. The van der Waals surface area contributed by atoms with Gasteiger partial charge in [-0.2, -0.15) is 10.4 Å². The summed E-state index contributed by atoms with van der Waals surface area (Å²) in [5.41, 5.74) is -1.58. The van der Waals surface area contributed by atoms with Crippen LogP contribution in [-0.2, 0) is 30.8 Å². The molecule has 6 rings (SSSR count). The van der Waals surface area contributed by atoms with Crippen molar-refractivity contribution in [1.29, 1.82) is 5.26 Å². The van der Waals surface area contributed by atoms with Crippen molar-refractivity contribution in [3.63, 3.8) is 0 Å². The normalized spacial score (nSPS) is 17.5. The molecule has 0 unspecified atom stereocenters. The third kappa shape index (κ3) is 10.9. The molecule has 5 aromatic rings. The van der Waals surface area contributed by atoms with E-state index in [4.69, 9.17) is 23.9 Å². The SMILES string of the molecule is CC(C)(C)[Si](OCCC[C@@H](SC1COC(C=CC=Cc2ccc(C#N)cc2F)OC1)[C@@](Cn1cncn1)(OC(=O)O)c1ccc(F)cc1F)(c1ccccc1)c1ccccc1. The number of thioether (sulfide) groups is 1. The van der Waals surface area contributed by atoms with Crippen LogP contribution in [0.5, 0.6) is 0 Å². The lowest BCUT2D eigenvalue weighted by molar-refractivity contribution is -0.146. The zero-order valence-corrected chi connectivity index (χ0v) is 35.8. The first-order valence-electron chi connectivity index (χ1n) is 19.7. The molecule has 4 aromatic carbocycles. The molecule has 2 heterocycles. The fraction of sp³-hybridized carbons (Fsp3) is 0.304. The van der Waals surface area contributed by atoms with Crippen LogP contribution in [0.2, 0.25) is 5.04 Å². The summed E-state index contributed by atoms with van der Waals surface area (Å²) in [5.74, 6) is -2.34. The van der Waals surface area contributed by atoms with Gasteiger partial charge in [-0.05, 0) is 58.6 Å². The maximum Gasteiger partial charge on any atom is 0.506 e. The quantitative estimate of drug-likeness (QED) is 0.0420. The summed E-state index contributed by atoms with van der Waals surface area (Å²) < 4.78 is 71.4.